The van der Waals surface area contributed by atoms with Crippen LogP contribution in [0.15, 0.2) is 70.6 Å². The largest absolute Gasteiger partial charge is 0.346 e. The number of thioether (sulfide) groups is 1. The minimum atomic E-state index is -0.120. The van der Waals surface area contributed by atoms with Crippen molar-refractivity contribution < 1.29 is 4.79 Å². The van der Waals surface area contributed by atoms with Gasteiger partial charge in [0.1, 0.15) is 5.69 Å². The van der Waals surface area contributed by atoms with Gasteiger partial charge in [-0.25, -0.2) is 4.68 Å². The van der Waals surface area contributed by atoms with E-state index < -0.39 is 0 Å². The number of benzene rings is 1. The van der Waals surface area contributed by atoms with Gasteiger partial charge in [0.05, 0.1) is 23.3 Å². The zero-order valence-electron chi connectivity index (χ0n) is 16.4. The fourth-order valence-corrected chi connectivity index (χ4v) is 4.35. The van der Waals surface area contributed by atoms with Crippen LogP contribution in [-0.4, -0.2) is 31.7 Å². The predicted octanol–water partition coefficient (Wildman–Crippen LogP) is 3.44. The molecule has 0 aliphatic rings. The lowest BCUT2D eigenvalue weighted by Crippen LogP contribution is -2.21. The molecule has 0 aliphatic heterocycles. The molecule has 4 rings (SSSR count). The van der Waals surface area contributed by atoms with Crippen LogP contribution in [0.25, 0.3) is 11.4 Å². The molecule has 0 saturated heterocycles. The number of aryl methyl sites for hydroxylation is 1. The summed E-state index contributed by atoms with van der Waals surface area (Å²) in [5.41, 5.74) is 2.21. The highest BCUT2D eigenvalue weighted by molar-refractivity contribution is 7.98. The van der Waals surface area contributed by atoms with Crippen molar-refractivity contribution in [3.8, 4) is 11.4 Å². The highest BCUT2D eigenvalue weighted by atomic mass is 32.2. The van der Waals surface area contributed by atoms with Crippen LogP contribution in [-0.2, 0) is 6.54 Å². The van der Waals surface area contributed by atoms with Crippen molar-refractivity contribution in [2.45, 2.75) is 18.4 Å². The normalized spacial score (nSPS) is 10.9. The number of nitrogens with zero attached hydrogens (tertiary/aromatic N) is 4. The quantitative estimate of drug-likeness (QED) is 0.467. The Labute approximate surface area is 181 Å². The molecule has 3 heterocycles. The molecule has 3 aromatic heterocycles. The molecule has 0 bridgehead atoms. The summed E-state index contributed by atoms with van der Waals surface area (Å²) in [6.07, 6.45) is 5.51. The highest BCUT2D eigenvalue weighted by Crippen LogP contribution is 2.26. The fourth-order valence-electron chi connectivity index (χ4n) is 2.96. The first-order valence-corrected chi connectivity index (χ1v) is 11.2. The molecule has 0 fully saturated rings. The first-order chi connectivity index (χ1) is 14.5. The average molecular weight is 438 g/mol. The molecule has 4 aromatic rings. The SMILES string of the molecule is CSc1cc(-n2ccccc2=O)ccc1-n1cc(CNC(=O)c2ccc(C)s2)nn1. The van der Waals surface area contributed by atoms with Gasteiger partial charge >= 0.3 is 0 Å². The van der Waals surface area contributed by atoms with Gasteiger partial charge in [-0.1, -0.05) is 11.3 Å². The van der Waals surface area contributed by atoms with Crippen molar-refractivity contribution in [3.05, 3.63) is 86.7 Å². The van der Waals surface area contributed by atoms with E-state index in [2.05, 4.69) is 15.6 Å². The molecular formula is C21H19N5O2S2. The number of carbonyl (C=O) groups excluding carboxylic acids is 1. The summed E-state index contributed by atoms with van der Waals surface area (Å²) >= 11 is 3.02. The molecule has 0 aliphatic carbocycles. The van der Waals surface area contributed by atoms with E-state index >= 15 is 0 Å². The van der Waals surface area contributed by atoms with Crippen molar-refractivity contribution in [1.82, 2.24) is 24.9 Å². The molecule has 0 radical (unpaired) electrons. The Morgan fingerprint density at radius 3 is 2.80 bits per heavy atom. The van der Waals surface area contributed by atoms with Crippen LogP contribution in [0, 0.1) is 6.92 Å². The summed E-state index contributed by atoms with van der Waals surface area (Å²) < 4.78 is 3.28. The topological polar surface area (TPSA) is 81.8 Å². The maximum Gasteiger partial charge on any atom is 0.261 e. The zero-order chi connectivity index (χ0) is 21.1. The zero-order valence-corrected chi connectivity index (χ0v) is 18.0. The number of aromatic nitrogens is 4. The Kier molecular flexibility index (Phi) is 5.82. The molecular weight excluding hydrogens is 418 g/mol. The van der Waals surface area contributed by atoms with Crippen LogP contribution in [0.2, 0.25) is 0 Å². The Morgan fingerprint density at radius 2 is 2.07 bits per heavy atom. The van der Waals surface area contributed by atoms with Gasteiger partial charge in [-0.15, -0.1) is 28.2 Å². The Bertz CT molecular complexity index is 1260. The third-order valence-electron chi connectivity index (χ3n) is 4.45. The van der Waals surface area contributed by atoms with E-state index in [9.17, 15) is 9.59 Å². The molecule has 7 nitrogen and oxygen atoms in total. The van der Waals surface area contributed by atoms with Crippen molar-refractivity contribution in [2.75, 3.05) is 6.26 Å². The molecule has 152 valence electrons. The van der Waals surface area contributed by atoms with Gasteiger partial charge in [0.25, 0.3) is 11.5 Å². The average Bonchev–Trinajstić information content (AvgIpc) is 3.41. The van der Waals surface area contributed by atoms with Crippen molar-refractivity contribution in [1.29, 1.82) is 0 Å². The molecule has 9 heteroatoms. The van der Waals surface area contributed by atoms with Crippen LogP contribution >= 0.6 is 23.1 Å². The summed E-state index contributed by atoms with van der Waals surface area (Å²) in [7, 11) is 0. The van der Waals surface area contributed by atoms with Gasteiger partial charge in [-0.2, -0.15) is 0 Å². The maximum atomic E-state index is 12.2. The second-order valence-corrected chi connectivity index (χ2v) is 8.65. The lowest BCUT2D eigenvalue weighted by molar-refractivity contribution is 0.0954. The molecule has 0 spiro atoms. The summed E-state index contributed by atoms with van der Waals surface area (Å²) in [5, 5.41) is 11.2. The highest BCUT2D eigenvalue weighted by Gasteiger charge is 2.12. The number of nitrogens with one attached hydrogen (secondary N) is 1. The number of rotatable bonds is 6. The number of hydrogen-bond acceptors (Lipinski definition) is 6. The van der Waals surface area contributed by atoms with Crippen molar-refractivity contribution >= 4 is 29.0 Å². The van der Waals surface area contributed by atoms with Crippen LogP contribution in [0.1, 0.15) is 20.2 Å². The van der Waals surface area contributed by atoms with Crippen LogP contribution in [0.5, 0.6) is 0 Å². The Hall–Kier alpha value is -3.17. The van der Waals surface area contributed by atoms with Gasteiger partial charge in [0.2, 0.25) is 0 Å². The van der Waals surface area contributed by atoms with E-state index in [0.29, 0.717) is 17.1 Å². The summed E-state index contributed by atoms with van der Waals surface area (Å²) in [5.74, 6) is -0.120. The number of hydrogen-bond donors (Lipinski definition) is 1. The summed E-state index contributed by atoms with van der Waals surface area (Å²) in [6.45, 7) is 2.26. The summed E-state index contributed by atoms with van der Waals surface area (Å²) in [4.78, 5) is 27.1. The minimum Gasteiger partial charge on any atom is -0.346 e. The second-order valence-electron chi connectivity index (χ2n) is 6.51. The van der Waals surface area contributed by atoms with E-state index in [1.807, 2.05) is 49.6 Å². The fraction of sp³-hybridized carbons (Fsp3) is 0.143. The lowest BCUT2D eigenvalue weighted by Gasteiger charge is -2.11. The molecule has 0 atom stereocenters. The number of thiophene rings is 1. The molecule has 30 heavy (non-hydrogen) atoms. The monoisotopic (exact) mass is 437 g/mol. The lowest BCUT2D eigenvalue weighted by atomic mass is 10.2. The van der Waals surface area contributed by atoms with E-state index in [1.165, 1.54) is 17.4 Å². The first-order valence-electron chi connectivity index (χ1n) is 9.17. The van der Waals surface area contributed by atoms with E-state index in [0.717, 1.165) is 21.1 Å². The molecule has 1 amide bonds. The first kappa shape index (κ1) is 20.1. The number of pyridine rings is 1. The third-order valence-corrected chi connectivity index (χ3v) is 6.21. The number of carbonyl (C=O) groups is 1. The van der Waals surface area contributed by atoms with E-state index in [1.54, 1.807) is 39.5 Å². The predicted molar refractivity (Wildman–Crippen MR) is 119 cm³/mol. The van der Waals surface area contributed by atoms with Gasteiger partial charge in [-0.3, -0.25) is 14.2 Å². The Balaban J connectivity index is 1.53. The van der Waals surface area contributed by atoms with Crippen LogP contribution < -0.4 is 10.9 Å². The standard InChI is InChI=1S/C21H19N5O2S2/c1-14-6-9-18(30-14)21(28)22-12-15-13-26(24-23-15)17-8-7-16(11-19(17)29-2)25-10-4-3-5-20(25)27/h3-11,13H,12H2,1-2H3,(H,22,28). The smallest absolute Gasteiger partial charge is 0.261 e. The van der Waals surface area contributed by atoms with E-state index in [-0.39, 0.29) is 11.5 Å². The molecule has 0 unspecified atom stereocenters. The molecule has 0 saturated carbocycles. The molecule has 1 N–H and O–H groups in total. The summed E-state index contributed by atoms with van der Waals surface area (Å²) in [6, 6.07) is 14.5. The minimum absolute atomic E-state index is 0.0861. The van der Waals surface area contributed by atoms with Crippen LogP contribution in [0.3, 0.4) is 0 Å². The van der Waals surface area contributed by atoms with Gasteiger partial charge in [0, 0.05) is 27.7 Å². The van der Waals surface area contributed by atoms with Crippen molar-refractivity contribution in [3.63, 3.8) is 0 Å². The van der Waals surface area contributed by atoms with Crippen LogP contribution in [0.4, 0.5) is 0 Å². The van der Waals surface area contributed by atoms with Gasteiger partial charge < -0.3 is 5.32 Å². The Morgan fingerprint density at radius 1 is 1.20 bits per heavy atom. The maximum absolute atomic E-state index is 12.2. The third kappa shape index (κ3) is 4.22. The van der Waals surface area contributed by atoms with Crippen molar-refractivity contribution in [2.24, 2.45) is 0 Å². The van der Waals surface area contributed by atoms with E-state index in [4.69, 9.17) is 0 Å². The van der Waals surface area contributed by atoms with Gasteiger partial charge in [-0.05, 0) is 49.6 Å². The van der Waals surface area contributed by atoms with Gasteiger partial charge in [0.15, 0.2) is 0 Å². The molecule has 1 aromatic carbocycles. The second kappa shape index (κ2) is 8.68. The number of amides is 1.